The molecule has 19 heavy (non-hydrogen) atoms. The number of rotatable bonds is 4. The van der Waals surface area contributed by atoms with E-state index in [0.717, 1.165) is 11.3 Å². The molecule has 0 bridgehead atoms. The Labute approximate surface area is 112 Å². The van der Waals surface area contributed by atoms with Gasteiger partial charge >= 0.3 is 5.69 Å². The van der Waals surface area contributed by atoms with Crippen molar-refractivity contribution in [3.05, 3.63) is 38.2 Å². The molecule has 7 nitrogen and oxygen atoms in total. The maximum atomic E-state index is 11.9. The van der Waals surface area contributed by atoms with Crippen LogP contribution in [0.15, 0.2) is 16.9 Å². The van der Waals surface area contributed by atoms with Crippen molar-refractivity contribution < 1.29 is 9.59 Å². The van der Waals surface area contributed by atoms with E-state index < -0.39 is 11.7 Å². The molecule has 0 fully saturated rings. The van der Waals surface area contributed by atoms with Gasteiger partial charge in [-0.05, 0) is 26.0 Å². The Morgan fingerprint density at radius 2 is 2.05 bits per heavy atom. The van der Waals surface area contributed by atoms with Gasteiger partial charge in [-0.15, -0.1) is 11.3 Å². The van der Waals surface area contributed by atoms with Crippen LogP contribution >= 0.6 is 11.3 Å². The zero-order valence-corrected chi connectivity index (χ0v) is 11.1. The number of hydrogen-bond acceptors (Lipinski definition) is 5. The van der Waals surface area contributed by atoms with Gasteiger partial charge in [0, 0.05) is 0 Å². The van der Waals surface area contributed by atoms with Gasteiger partial charge in [-0.25, -0.2) is 9.89 Å². The number of carbonyl (C=O) groups is 2. The number of thiophene rings is 1. The van der Waals surface area contributed by atoms with Gasteiger partial charge in [-0.3, -0.25) is 14.6 Å². The molecule has 8 heteroatoms. The molecule has 1 atom stereocenters. The second-order valence-electron chi connectivity index (χ2n) is 3.98. The lowest BCUT2D eigenvalue weighted by molar-refractivity contribution is 0.0942. The van der Waals surface area contributed by atoms with Gasteiger partial charge in [0.1, 0.15) is 0 Å². The number of Topliss-reactive ketones (excluding diaryl/α,β-unsaturated/α-hetero) is 1. The average molecular weight is 280 g/mol. The maximum absolute atomic E-state index is 11.9. The van der Waals surface area contributed by atoms with Crippen LogP contribution in [0.4, 0.5) is 0 Å². The van der Waals surface area contributed by atoms with Crippen LogP contribution in [0.3, 0.4) is 0 Å². The van der Waals surface area contributed by atoms with Crippen molar-refractivity contribution in [2.75, 3.05) is 0 Å². The number of nitrogens with one attached hydrogen (secondary N) is 3. The molecule has 2 aromatic heterocycles. The molecule has 2 heterocycles. The fourth-order valence-corrected chi connectivity index (χ4v) is 2.28. The summed E-state index contributed by atoms with van der Waals surface area (Å²) >= 11 is 1.13. The summed E-state index contributed by atoms with van der Waals surface area (Å²) in [5, 5.41) is 8.65. The number of hydrogen-bond donors (Lipinski definition) is 3. The van der Waals surface area contributed by atoms with Crippen molar-refractivity contribution in [2.24, 2.45) is 0 Å². The van der Waals surface area contributed by atoms with E-state index in [0.29, 0.717) is 15.6 Å². The average Bonchev–Trinajstić information content (AvgIpc) is 2.96. The van der Waals surface area contributed by atoms with Crippen LogP contribution in [0, 0.1) is 0 Å². The largest absolute Gasteiger partial charge is 0.342 e. The third-order valence-corrected chi connectivity index (χ3v) is 3.64. The van der Waals surface area contributed by atoms with Crippen molar-refractivity contribution in [1.29, 1.82) is 0 Å². The molecule has 0 aliphatic heterocycles. The summed E-state index contributed by atoms with van der Waals surface area (Å²) in [4.78, 5) is 37.4. The molecule has 3 N–H and O–H groups in total. The monoisotopic (exact) mass is 280 g/mol. The van der Waals surface area contributed by atoms with Gasteiger partial charge < -0.3 is 5.32 Å². The van der Waals surface area contributed by atoms with Crippen LogP contribution < -0.4 is 11.0 Å². The zero-order valence-electron chi connectivity index (χ0n) is 10.3. The van der Waals surface area contributed by atoms with Crippen molar-refractivity contribution >= 4 is 23.0 Å². The molecule has 0 aliphatic rings. The van der Waals surface area contributed by atoms with E-state index >= 15 is 0 Å². The van der Waals surface area contributed by atoms with E-state index in [-0.39, 0.29) is 11.7 Å². The number of carbonyl (C=O) groups excluding carboxylic acids is 2. The fraction of sp³-hybridized carbons (Fsp3) is 0.273. The maximum Gasteiger partial charge on any atom is 0.340 e. The van der Waals surface area contributed by atoms with E-state index in [9.17, 15) is 14.4 Å². The van der Waals surface area contributed by atoms with Gasteiger partial charge in [-0.2, -0.15) is 5.10 Å². The van der Waals surface area contributed by atoms with Gasteiger partial charge in [0.25, 0.3) is 5.91 Å². The van der Waals surface area contributed by atoms with Crippen LogP contribution in [-0.4, -0.2) is 26.9 Å². The Morgan fingerprint density at radius 3 is 2.58 bits per heavy atom. The van der Waals surface area contributed by atoms with E-state index in [2.05, 4.69) is 20.5 Å². The van der Waals surface area contributed by atoms with Gasteiger partial charge in [0.05, 0.1) is 15.8 Å². The summed E-state index contributed by atoms with van der Waals surface area (Å²) in [5.41, 5.74) is -0.425. The number of nitrogens with zero attached hydrogens (tertiary/aromatic N) is 1. The fourth-order valence-electron chi connectivity index (χ4n) is 1.47. The second-order valence-corrected chi connectivity index (χ2v) is 5.06. The third kappa shape index (κ3) is 2.97. The Morgan fingerprint density at radius 1 is 1.37 bits per heavy atom. The topological polar surface area (TPSA) is 108 Å². The Bertz CT molecular complexity index is 669. The molecule has 100 valence electrons. The van der Waals surface area contributed by atoms with Crippen LogP contribution in [0.2, 0.25) is 0 Å². The van der Waals surface area contributed by atoms with Crippen LogP contribution in [-0.2, 0) is 0 Å². The van der Waals surface area contributed by atoms with Crippen molar-refractivity contribution in [3.8, 4) is 0 Å². The summed E-state index contributed by atoms with van der Waals surface area (Å²) in [6.07, 6.45) is 0. The summed E-state index contributed by atoms with van der Waals surface area (Å²) in [6, 6.07) is 2.77. The Kier molecular flexibility index (Phi) is 3.61. The highest BCUT2D eigenvalue weighted by Crippen LogP contribution is 2.17. The van der Waals surface area contributed by atoms with Gasteiger partial charge in [-0.1, -0.05) is 0 Å². The summed E-state index contributed by atoms with van der Waals surface area (Å²) in [5.74, 6) is -0.0377. The van der Waals surface area contributed by atoms with Crippen molar-refractivity contribution in [2.45, 2.75) is 19.9 Å². The minimum absolute atomic E-state index is 0.0753. The first-order valence-electron chi connectivity index (χ1n) is 5.53. The Balaban J connectivity index is 2.08. The Hall–Kier alpha value is -2.22. The lowest BCUT2D eigenvalue weighted by Gasteiger charge is -2.09. The predicted octanol–water partition coefficient (Wildman–Crippen LogP) is 0.853. The second kappa shape index (κ2) is 5.19. The predicted molar refractivity (Wildman–Crippen MR) is 69.4 cm³/mol. The van der Waals surface area contributed by atoms with Gasteiger partial charge in [0.2, 0.25) is 0 Å². The highest BCUT2D eigenvalue weighted by Gasteiger charge is 2.16. The van der Waals surface area contributed by atoms with Crippen LogP contribution in [0.1, 0.15) is 45.1 Å². The lowest BCUT2D eigenvalue weighted by atomic mass is 10.3. The van der Waals surface area contributed by atoms with E-state index in [4.69, 9.17) is 0 Å². The number of amides is 1. The SMILES string of the molecule is CC(=O)c1ccc(C(=O)N[C@H](C)c2n[nH]c(=O)[nH]2)s1. The molecule has 2 rings (SSSR count). The molecular formula is C11H12N4O3S. The van der Waals surface area contributed by atoms with E-state index in [1.54, 1.807) is 19.1 Å². The highest BCUT2D eigenvalue weighted by atomic mass is 32.1. The van der Waals surface area contributed by atoms with Crippen LogP contribution in [0.5, 0.6) is 0 Å². The highest BCUT2D eigenvalue weighted by molar-refractivity contribution is 7.15. The molecule has 0 saturated carbocycles. The first-order valence-corrected chi connectivity index (χ1v) is 6.35. The van der Waals surface area contributed by atoms with E-state index in [1.807, 2.05) is 0 Å². The molecule has 0 aliphatic carbocycles. The first-order chi connectivity index (χ1) is 8.97. The minimum atomic E-state index is -0.436. The third-order valence-electron chi connectivity index (χ3n) is 2.45. The van der Waals surface area contributed by atoms with Crippen molar-refractivity contribution in [3.63, 3.8) is 0 Å². The summed E-state index contributed by atoms with van der Waals surface area (Å²) in [7, 11) is 0. The summed E-state index contributed by atoms with van der Waals surface area (Å²) in [6.45, 7) is 3.15. The molecule has 2 aromatic rings. The number of aromatic nitrogens is 3. The lowest BCUT2D eigenvalue weighted by Crippen LogP contribution is -2.26. The quantitative estimate of drug-likeness (QED) is 0.721. The molecule has 0 aromatic carbocycles. The number of ketones is 1. The number of H-pyrrole nitrogens is 2. The molecular weight excluding hydrogens is 268 g/mol. The van der Waals surface area contributed by atoms with Crippen LogP contribution in [0.25, 0.3) is 0 Å². The normalized spacial score (nSPS) is 12.1. The minimum Gasteiger partial charge on any atom is -0.342 e. The zero-order chi connectivity index (χ0) is 14.0. The summed E-state index contributed by atoms with van der Waals surface area (Å²) < 4.78 is 0. The number of aromatic amines is 2. The standard InChI is InChI=1S/C11H12N4O3S/c1-5(9-13-11(18)15-14-9)12-10(17)8-4-3-7(19-8)6(2)16/h3-5H,1-2H3,(H,12,17)(H2,13,14,15,18)/t5-/m1/s1. The molecule has 0 radical (unpaired) electrons. The van der Waals surface area contributed by atoms with E-state index in [1.165, 1.54) is 6.92 Å². The molecule has 0 unspecified atom stereocenters. The van der Waals surface area contributed by atoms with Gasteiger partial charge in [0.15, 0.2) is 11.6 Å². The molecule has 0 spiro atoms. The smallest absolute Gasteiger partial charge is 0.340 e. The van der Waals surface area contributed by atoms with Crippen molar-refractivity contribution in [1.82, 2.24) is 20.5 Å². The molecule has 0 saturated heterocycles. The molecule has 1 amide bonds. The first kappa shape index (κ1) is 13.2.